The lowest BCUT2D eigenvalue weighted by Crippen LogP contribution is -2.31. The van der Waals surface area contributed by atoms with Crippen LogP contribution in [0.4, 0.5) is 0 Å². The molecule has 0 bridgehead atoms. The van der Waals surface area contributed by atoms with Gasteiger partial charge >= 0.3 is 0 Å². The summed E-state index contributed by atoms with van der Waals surface area (Å²) in [6.07, 6.45) is 0. The molecule has 0 spiro atoms. The summed E-state index contributed by atoms with van der Waals surface area (Å²) in [6, 6.07) is 13.9. The van der Waals surface area contributed by atoms with Crippen molar-refractivity contribution < 1.29 is 4.57 Å². The van der Waals surface area contributed by atoms with Crippen LogP contribution in [0.15, 0.2) is 48.0 Å². The van der Waals surface area contributed by atoms with Gasteiger partial charge in [-0.3, -0.25) is 0 Å². The first kappa shape index (κ1) is 12.0. The Hall–Kier alpha value is -1.09. The van der Waals surface area contributed by atoms with E-state index in [-0.39, 0.29) is 0 Å². The van der Waals surface area contributed by atoms with Gasteiger partial charge in [0.2, 0.25) is 11.0 Å². The third-order valence-electron chi connectivity index (χ3n) is 2.78. The van der Waals surface area contributed by atoms with Gasteiger partial charge in [-0.25, -0.2) is 0 Å². The summed E-state index contributed by atoms with van der Waals surface area (Å²) in [5.74, 6) is 0. The van der Waals surface area contributed by atoms with Crippen LogP contribution in [0, 0.1) is 0 Å². The average Bonchev–Trinajstić information content (AvgIpc) is 2.72. The smallest absolute Gasteiger partial charge is 0.184 e. The molecule has 90 valence electrons. The number of fused-ring (bicyclic) bond motifs is 1. The van der Waals surface area contributed by atoms with Crippen LogP contribution in [-0.4, -0.2) is 0 Å². The van der Waals surface area contributed by atoms with Crippen LogP contribution < -0.4 is 4.57 Å². The van der Waals surface area contributed by atoms with E-state index in [2.05, 4.69) is 22.2 Å². The van der Waals surface area contributed by atoms with Gasteiger partial charge in [-0.15, -0.1) is 0 Å². The van der Waals surface area contributed by atoms with Crippen LogP contribution in [0.1, 0.15) is 5.56 Å². The van der Waals surface area contributed by atoms with Crippen LogP contribution in [0.2, 0.25) is 10.0 Å². The fourth-order valence-corrected chi connectivity index (χ4v) is 3.33. The first-order valence-corrected chi connectivity index (χ1v) is 7.16. The van der Waals surface area contributed by atoms with Crippen molar-refractivity contribution in [3.63, 3.8) is 0 Å². The average molecular weight is 295 g/mol. The third kappa shape index (κ3) is 2.37. The Kier molecular flexibility index (Phi) is 3.25. The van der Waals surface area contributed by atoms with Crippen LogP contribution in [0.3, 0.4) is 0 Å². The maximum absolute atomic E-state index is 6.00. The van der Waals surface area contributed by atoms with Gasteiger partial charge in [-0.1, -0.05) is 46.7 Å². The Bertz CT molecular complexity index is 706. The maximum atomic E-state index is 6.00. The Labute approximate surface area is 119 Å². The van der Waals surface area contributed by atoms with E-state index in [1.807, 2.05) is 30.3 Å². The van der Waals surface area contributed by atoms with Crippen molar-refractivity contribution in [1.29, 1.82) is 0 Å². The van der Waals surface area contributed by atoms with Crippen molar-refractivity contribution in [2.24, 2.45) is 0 Å². The molecule has 0 atom stereocenters. The van der Waals surface area contributed by atoms with E-state index in [0.29, 0.717) is 0 Å². The summed E-state index contributed by atoms with van der Waals surface area (Å²) in [4.78, 5) is 0. The lowest BCUT2D eigenvalue weighted by molar-refractivity contribution is -0.658. The van der Waals surface area contributed by atoms with Gasteiger partial charge in [0.15, 0.2) is 6.54 Å². The van der Waals surface area contributed by atoms with Gasteiger partial charge in [0, 0.05) is 21.7 Å². The lowest BCUT2D eigenvalue weighted by atomic mass is 10.2. The fraction of sp³-hybridized carbons (Fsp3) is 0.0714. The molecule has 4 heteroatoms. The summed E-state index contributed by atoms with van der Waals surface area (Å²) in [6.45, 7) is 0.822. The molecule has 1 heterocycles. The van der Waals surface area contributed by atoms with Crippen molar-refractivity contribution in [2.75, 3.05) is 0 Å². The number of nitrogens with zero attached hydrogens (tertiary/aromatic N) is 1. The second-order valence-electron chi connectivity index (χ2n) is 4.09. The topological polar surface area (TPSA) is 3.88 Å². The maximum Gasteiger partial charge on any atom is 0.226 e. The Morgan fingerprint density at radius 2 is 1.83 bits per heavy atom. The summed E-state index contributed by atoms with van der Waals surface area (Å²) < 4.78 is 3.41. The van der Waals surface area contributed by atoms with Crippen LogP contribution in [0.5, 0.6) is 0 Å². The molecule has 3 rings (SSSR count). The molecule has 0 aliphatic rings. The predicted molar refractivity (Wildman–Crippen MR) is 77.6 cm³/mol. The molecule has 0 N–H and O–H groups in total. The number of benzene rings is 2. The molecule has 0 aliphatic carbocycles. The zero-order chi connectivity index (χ0) is 12.5. The van der Waals surface area contributed by atoms with Gasteiger partial charge in [0.05, 0.1) is 0 Å². The molecular formula is C14H10Cl2NS+. The molecule has 0 saturated carbocycles. The minimum atomic E-state index is 0.774. The first-order valence-electron chi connectivity index (χ1n) is 5.53. The van der Waals surface area contributed by atoms with Crippen LogP contribution >= 0.6 is 34.5 Å². The van der Waals surface area contributed by atoms with Crippen LogP contribution in [-0.2, 0) is 6.54 Å². The van der Waals surface area contributed by atoms with E-state index in [9.17, 15) is 0 Å². The van der Waals surface area contributed by atoms with Crippen molar-refractivity contribution in [3.8, 4) is 0 Å². The van der Waals surface area contributed by atoms with Crippen molar-refractivity contribution >= 4 is 44.8 Å². The molecule has 3 aromatic rings. The molecule has 0 unspecified atom stereocenters. The summed E-state index contributed by atoms with van der Waals surface area (Å²) in [7, 11) is 0. The third-order valence-corrected chi connectivity index (χ3v) is 4.19. The van der Waals surface area contributed by atoms with Crippen molar-refractivity contribution in [2.45, 2.75) is 6.54 Å². The van der Waals surface area contributed by atoms with E-state index in [0.717, 1.165) is 16.6 Å². The highest BCUT2D eigenvalue weighted by Gasteiger charge is 2.12. The molecule has 2 aromatic carbocycles. The normalized spacial score (nSPS) is 11.0. The molecule has 18 heavy (non-hydrogen) atoms. The number of aromatic nitrogens is 1. The Morgan fingerprint density at radius 3 is 2.67 bits per heavy atom. The fourth-order valence-electron chi connectivity index (χ4n) is 1.95. The van der Waals surface area contributed by atoms with E-state index in [1.165, 1.54) is 15.8 Å². The highest BCUT2D eigenvalue weighted by molar-refractivity contribution is 7.16. The molecular weight excluding hydrogens is 285 g/mol. The minimum absolute atomic E-state index is 0.774. The van der Waals surface area contributed by atoms with Gasteiger partial charge < -0.3 is 0 Å². The second-order valence-corrected chi connectivity index (χ2v) is 5.85. The largest absolute Gasteiger partial charge is 0.226 e. The summed E-state index contributed by atoms with van der Waals surface area (Å²) in [5, 5.41) is 1.55. The van der Waals surface area contributed by atoms with Gasteiger partial charge in [0.25, 0.3) is 0 Å². The van der Waals surface area contributed by atoms with E-state index in [4.69, 9.17) is 23.2 Å². The zero-order valence-corrected chi connectivity index (χ0v) is 11.8. The van der Waals surface area contributed by atoms with Gasteiger partial charge in [-0.05, 0) is 24.3 Å². The highest BCUT2D eigenvalue weighted by atomic mass is 35.5. The Morgan fingerprint density at radius 1 is 1.00 bits per heavy atom. The molecule has 0 amide bonds. The second kappa shape index (κ2) is 4.88. The SMILES string of the molecule is Clc1cccc(C[n+]2csc3cc(Cl)ccc32)c1. The highest BCUT2D eigenvalue weighted by Crippen LogP contribution is 2.21. The molecule has 0 saturated heterocycles. The van der Waals surface area contributed by atoms with Crippen molar-refractivity contribution in [1.82, 2.24) is 0 Å². The van der Waals surface area contributed by atoms with Gasteiger partial charge in [0.1, 0.15) is 4.70 Å². The number of rotatable bonds is 2. The quantitative estimate of drug-likeness (QED) is 0.611. The van der Waals surface area contributed by atoms with E-state index in [1.54, 1.807) is 11.3 Å². The number of hydrogen-bond donors (Lipinski definition) is 0. The molecule has 0 radical (unpaired) electrons. The van der Waals surface area contributed by atoms with Gasteiger partial charge in [-0.2, -0.15) is 4.57 Å². The molecule has 1 aromatic heterocycles. The molecule has 0 aliphatic heterocycles. The monoisotopic (exact) mass is 294 g/mol. The van der Waals surface area contributed by atoms with Crippen LogP contribution in [0.25, 0.3) is 10.2 Å². The minimum Gasteiger partial charge on any atom is -0.184 e. The summed E-state index contributed by atoms with van der Waals surface area (Å²) in [5.41, 5.74) is 4.51. The zero-order valence-electron chi connectivity index (χ0n) is 9.44. The number of thiazole rings is 1. The van der Waals surface area contributed by atoms with E-state index >= 15 is 0 Å². The predicted octanol–water partition coefficient (Wildman–Crippen LogP) is 4.54. The molecule has 1 nitrogen and oxygen atoms in total. The first-order chi connectivity index (χ1) is 8.72. The number of halogens is 2. The van der Waals surface area contributed by atoms with E-state index < -0.39 is 0 Å². The molecule has 0 fully saturated rings. The lowest BCUT2D eigenvalue weighted by Gasteiger charge is -1.97. The number of hydrogen-bond acceptors (Lipinski definition) is 1. The Balaban J connectivity index is 2.00. The standard InChI is InChI=1S/C14H10Cl2NS/c15-11-3-1-2-10(6-11)8-17-9-18-14-7-12(16)4-5-13(14)17/h1-7,9H,8H2/q+1. The van der Waals surface area contributed by atoms with Crippen molar-refractivity contribution in [3.05, 3.63) is 63.6 Å². The summed E-state index contributed by atoms with van der Waals surface area (Å²) >= 11 is 13.7.